The van der Waals surface area contributed by atoms with Crippen LogP contribution in [0.4, 0.5) is 0 Å². The molecule has 0 spiro atoms. The van der Waals surface area contributed by atoms with Crippen molar-refractivity contribution in [1.29, 1.82) is 0 Å². The molecule has 0 aromatic heterocycles. The SMILES string of the molecule is CCNC(=O)[C@H](CC)NC(=O)c1ccccc1. The van der Waals surface area contributed by atoms with E-state index in [4.69, 9.17) is 0 Å². The Morgan fingerprint density at radius 3 is 2.35 bits per heavy atom. The third-order valence-electron chi connectivity index (χ3n) is 2.42. The molecule has 1 aromatic carbocycles. The van der Waals surface area contributed by atoms with Gasteiger partial charge in [0.15, 0.2) is 0 Å². The number of hydrogen-bond acceptors (Lipinski definition) is 2. The van der Waals surface area contributed by atoms with Gasteiger partial charge in [0.1, 0.15) is 6.04 Å². The van der Waals surface area contributed by atoms with Gasteiger partial charge in [-0.15, -0.1) is 0 Å². The molecule has 0 heterocycles. The van der Waals surface area contributed by atoms with Gasteiger partial charge in [-0.05, 0) is 25.5 Å². The summed E-state index contributed by atoms with van der Waals surface area (Å²) >= 11 is 0. The van der Waals surface area contributed by atoms with Crippen LogP contribution in [0.2, 0.25) is 0 Å². The van der Waals surface area contributed by atoms with E-state index in [9.17, 15) is 9.59 Å². The quantitative estimate of drug-likeness (QED) is 0.807. The molecule has 0 aliphatic rings. The summed E-state index contributed by atoms with van der Waals surface area (Å²) in [6.45, 7) is 4.28. The van der Waals surface area contributed by atoms with Crippen molar-refractivity contribution in [2.45, 2.75) is 26.3 Å². The summed E-state index contributed by atoms with van der Waals surface area (Å²) in [6, 6.07) is 8.41. The molecule has 1 aromatic rings. The van der Waals surface area contributed by atoms with E-state index in [-0.39, 0.29) is 11.8 Å². The summed E-state index contributed by atoms with van der Waals surface area (Å²) in [4.78, 5) is 23.4. The monoisotopic (exact) mass is 234 g/mol. The van der Waals surface area contributed by atoms with Crippen molar-refractivity contribution in [3.63, 3.8) is 0 Å². The van der Waals surface area contributed by atoms with Crippen LogP contribution in [0.25, 0.3) is 0 Å². The number of amides is 2. The van der Waals surface area contributed by atoms with Gasteiger partial charge in [-0.2, -0.15) is 0 Å². The Balaban J connectivity index is 2.63. The molecule has 1 atom stereocenters. The maximum Gasteiger partial charge on any atom is 0.251 e. The fraction of sp³-hybridized carbons (Fsp3) is 0.385. The standard InChI is InChI=1S/C13H18N2O2/c1-3-11(13(17)14-4-2)15-12(16)10-8-6-5-7-9-10/h5-9,11H,3-4H2,1-2H3,(H,14,17)(H,15,16)/t11-/m0/s1. The molecule has 2 amide bonds. The summed E-state index contributed by atoms with van der Waals surface area (Å²) in [6.07, 6.45) is 0.574. The molecule has 0 bridgehead atoms. The summed E-state index contributed by atoms with van der Waals surface area (Å²) in [5.74, 6) is -0.358. The van der Waals surface area contributed by atoms with Gasteiger partial charge in [-0.3, -0.25) is 9.59 Å². The van der Waals surface area contributed by atoms with E-state index < -0.39 is 6.04 Å². The van der Waals surface area contributed by atoms with Crippen LogP contribution >= 0.6 is 0 Å². The van der Waals surface area contributed by atoms with Crippen LogP contribution in [-0.4, -0.2) is 24.4 Å². The van der Waals surface area contributed by atoms with Gasteiger partial charge in [0.2, 0.25) is 5.91 Å². The van der Waals surface area contributed by atoms with Gasteiger partial charge in [0.25, 0.3) is 5.91 Å². The third kappa shape index (κ3) is 3.90. The molecule has 0 saturated carbocycles. The van der Waals surface area contributed by atoms with Gasteiger partial charge in [0, 0.05) is 12.1 Å². The van der Waals surface area contributed by atoms with E-state index >= 15 is 0 Å². The zero-order valence-electron chi connectivity index (χ0n) is 10.2. The average molecular weight is 234 g/mol. The van der Waals surface area contributed by atoms with Crippen LogP contribution in [0.15, 0.2) is 30.3 Å². The lowest BCUT2D eigenvalue weighted by atomic mass is 10.1. The normalized spacial score (nSPS) is 11.6. The molecule has 0 saturated heterocycles. The molecule has 0 fully saturated rings. The first-order valence-electron chi connectivity index (χ1n) is 5.82. The molecule has 4 heteroatoms. The van der Waals surface area contributed by atoms with Crippen molar-refractivity contribution in [2.75, 3.05) is 6.54 Å². The molecule has 92 valence electrons. The molecule has 0 radical (unpaired) electrons. The van der Waals surface area contributed by atoms with Crippen LogP contribution in [0.5, 0.6) is 0 Å². The Morgan fingerprint density at radius 1 is 1.18 bits per heavy atom. The summed E-state index contributed by atoms with van der Waals surface area (Å²) < 4.78 is 0. The van der Waals surface area contributed by atoms with Crippen LogP contribution < -0.4 is 10.6 Å². The highest BCUT2D eigenvalue weighted by Crippen LogP contribution is 2.00. The zero-order chi connectivity index (χ0) is 12.7. The fourth-order valence-electron chi connectivity index (χ4n) is 1.48. The Bertz CT molecular complexity index is 376. The highest BCUT2D eigenvalue weighted by atomic mass is 16.2. The smallest absolute Gasteiger partial charge is 0.251 e. The van der Waals surface area contributed by atoms with Crippen molar-refractivity contribution >= 4 is 11.8 Å². The molecule has 0 aliphatic carbocycles. The zero-order valence-corrected chi connectivity index (χ0v) is 10.2. The van der Waals surface area contributed by atoms with E-state index in [0.717, 1.165) is 0 Å². The number of carbonyl (C=O) groups is 2. The van der Waals surface area contributed by atoms with Crippen LogP contribution in [0.1, 0.15) is 30.6 Å². The van der Waals surface area contributed by atoms with E-state index in [0.29, 0.717) is 18.5 Å². The highest BCUT2D eigenvalue weighted by Gasteiger charge is 2.18. The second-order valence-corrected chi connectivity index (χ2v) is 3.69. The molecule has 1 rings (SSSR count). The van der Waals surface area contributed by atoms with Crippen LogP contribution in [0, 0.1) is 0 Å². The Labute approximate surface area is 101 Å². The van der Waals surface area contributed by atoms with Gasteiger partial charge in [0.05, 0.1) is 0 Å². The van der Waals surface area contributed by atoms with Crippen molar-refractivity contribution in [1.82, 2.24) is 10.6 Å². The molecule has 4 nitrogen and oxygen atoms in total. The van der Waals surface area contributed by atoms with Gasteiger partial charge < -0.3 is 10.6 Å². The lowest BCUT2D eigenvalue weighted by Crippen LogP contribution is -2.46. The first-order valence-corrected chi connectivity index (χ1v) is 5.82. The minimum atomic E-state index is -0.470. The summed E-state index contributed by atoms with van der Waals surface area (Å²) in [7, 11) is 0. The third-order valence-corrected chi connectivity index (χ3v) is 2.42. The predicted molar refractivity (Wildman–Crippen MR) is 66.7 cm³/mol. The van der Waals surface area contributed by atoms with Crippen molar-refractivity contribution in [3.05, 3.63) is 35.9 Å². The number of likely N-dealkylation sites (N-methyl/N-ethyl adjacent to an activating group) is 1. The molecular formula is C13H18N2O2. The fourth-order valence-corrected chi connectivity index (χ4v) is 1.48. The van der Waals surface area contributed by atoms with Gasteiger partial charge in [-0.25, -0.2) is 0 Å². The number of hydrogen-bond donors (Lipinski definition) is 2. The van der Waals surface area contributed by atoms with Crippen LogP contribution in [0.3, 0.4) is 0 Å². The largest absolute Gasteiger partial charge is 0.355 e. The first-order chi connectivity index (χ1) is 8.19. The topological polar surface area (TPSA) is 58.2 Å². The van der Waals surface area contributed by atoms with Gasteiger partial charge in [-0.1, -0.05) is 25.1 Å². The number of benzene rings is 1. The molecule has 0 aliphatic heterocycles. The number of rotatable bonds is 5. The van der Waals surface area contributed by atoms with Crippen molar-refractivity contribution < 1.29 is 9.59 Å². The van der Waals surface area contributed by atoms with Crippen molar-refractivity contribution in [3.8, 4) is 0 Å². The lowest BCUT2D eigenvalue weighted by molar-refractivity contribution is -0.122. The highest BCUT2D eigenvalue weighted by molar-refractivity contribution is 5.97. The number of nitrogens with one attached hydrogen (secondary N) is 2. The van der Waals surface area contributed by atoms with Crippen LogP contribution in [-0.2, 0) is 4.79 Å². The van der Waals surface area contributed by atoms with Gasteiger partial charge >= 0.3 is 0 Å². The minimum Gasteiger partial charge on any atom is -0.355 e. The number of carbonyl (C=O) groups excluding carboxylic acids is 2. The first kappa shape index (κ1) is 13.2. The molecule has 0 unspecified atom stereocenters. The maximum absolute atomic E-state index is 11.8. The molecular weight excluding hydrogens is 216 g/mol. The van der Waals surface area contributed by atoms with E-state index in [1.807, 2.05) is 19.9 Å². The van der Waals surface area contributed by atoms with E-state index in [2.05, 4.69) is 10.6 Å². The van der Waals surface area contributed by atoms with E-state index in [1.165, 1.54) is 0 Å². The second kappa shape index (κ2) is 6.68. The summed E-state index contributed by atoms with van der Waals surface area (Å²) in [5.41, 5.74) is 0.565. The molecule has 2 N–H and O–H groups in total. The predicted octanol–water partition coefficient (Wildman–Crippen LogP) is 1.33. The Morgan fingerprint density at radius 2 is 1.82 bits per heavy atom. The summed E-state index contributed by atoms with van der Waals surface area (Å²) in [5, 5.41) is 5.42. The maximum atomic E-state index is 11.8. The Kier molecular flexibility index (Phi) is 5.20. The second-order valence-electron chi connectivity index (χ2n) is 3.69. The minimum absolute atomic E-state index is 0.140. The Hall–Kier alpha value is -1.84. The van der Waals surface area contributed by atoms with Crippen molar-refractivity contribution in [2.24, 2.45) is 0 Å². The molecule has 17 heavy (non-hydrogen) atoms. The average Bonchev–Trinajstić information content (AvgIpc) is 2.37. The lowest BCUT2D eigenvalue weighted by Gasteiger charge is -2.16. The van der Waals surface area contributed by atoms with E-state index in [1.54, 1.807) is 24.3 Å².